The number of anilines is 1. The molecule has 0 saturated carbocycles. The number of thiazole rings is 1. The van der Waals surface area contributed by atoms with Gasteiger partial charge in [0.2, 0.25) is 0 Å². The van der Waals surface area contributed by atoms with Crippen LogP contribution in [0.1, 0.15) is 21.6 Å². The zero-order chi connectivity index (χ0) is 24.4. The summed E-state index contributed by atoms with van der Waals surface area (Å²) in [6, 6.07) is 13.6. The molecule has 0 unspecified atom stereocenters. The number of para-hydroxylation sites is 1. The highest BCUT2D eigenvalue weighted by Gasteiger charge is 2.33. The summed E-state index contributed by atoms with van der Waals surface area (Å²) in [5.41, 5.74) is 0.777. The minimum absolute atomic E-state index is 0.0372. The quantitative estimate of drug-likeness (QED) is 0.396. The van der Waals surface area contributed by atoms with Crippen LogP contribution in [0.2, 0.25) is 0 Å². The first kappa shape index (κ1) is 23.4. The van der Waals surface area contributed by atoms with Crippen LogP contribution in [0.3, 0.4) is 0 Å². The number of benzene rings is 2. The Morgan fingerprint density at radius 1 is 1.03 bits per heavy atom. The summed E-state index contributed by atoms with van der Waals surface area (Å²) in [4.78, 5) is 24.3. The third kappa shape index (κ3) is 5.19. The van der Waals surface area contributed by atoms with Crippen molar-refractivity contribution in [3.8, 4) is 11.3 Å². The SMILES string of the molecule is O=C(Nc1nc(CN2CCOCC2)cs1)c1cccc2ccc(-c3ccccc3C(F)(F)F)nc12. The third-order valence-corrected chi connectivity index (χ3v) is 6.54. The Bertz CT molecular complexity index is 1370. The Morgan fingerprint density at radius 3 is 2.63 bits per heavy atom. The number of fused-ring (bicyclic) bond motifs is 1. The van der Waals surface area contributed by atoms with Crippen molar-refractivity contribution in [2.45, 2.75) is 12.7 Å². The van der Waals surface area contributed by atoms with Crippen molar-refractivity contribution in [3.63, 3.8) is 0 Å². The van der Waals surface area contributed by atoms with Gasteiger partial charge in [-0.05, 0) is 18.2 Å². The number of carbonyl (C=O) groups excluding carboxylic acids is 1. The standard InChI is InChI=1S/C25H21F3N4O2S/c26-25(27,28)20-7-2-1-5-18(20)21-9-8-16-4-3-6-19(22(16)30-21)23(33)31-24-29-17(15-35-24)14-32-10-12-34-13-11-32/h1-9,15H,10-14H2,(H,29,31,33). The number of morpholine rings is 1. The Hall–Kier alpha value is -3.34. The smallest absolute Gasteiger partial charge is 0.379 e. The Morgan fingerprint density at radius 2 is 1.83 bits per heavy atom. The number of nitrogens with zero attached hydrogens (tertiary/aromatic N) is 3. The van der Waals surface area contributed by atoms with Crippen molar-refractivity contribution in [2.75, 3.05) is 31.6 Å². The van der Waals surface area contributed by atoms with E-state index in [1.165, 1.54) is 35.6 Å². The van der Waals surface area contributed by atoms with E-state index < -0.39 is 17.6 Å². The van der Waals surface area contributed by atoms with E-state index in [2.05, 4.69) is 20.2 Å². The summed E-state index contributed by atoms with van der Waals surface area (Å²) in [7, 11) is 0. The molecule has 1 fully saturated rings. The fourth-order valence-electron chi connectivity index (χ4n) is 4.02. The van der Waals surface area contributed by atoms with Crippen molar-refractivity contribution in [1.82, 2.24) is 14.9 Å². The maximum Gasteiger partial charge on any atom is 0.417 e. The van der Waals surface area contributed by atoms with Gasteiger partial charge in [0, 0.05) is 36.0 Å². The van der Waals surface area contributed by atoms with Crippen LogP contribution in [0.4, 0.5) is 18.3 Å². The molecule has 1 aliphatic rings. The second kappa shape index (κ2) is 9.73. The normalized spacial score (nSPS) is 14.8. The van der Waals surface area contributed by atoms with E-state index in [0.717, 1.165) is 24.8 Å². The van der Waals surface area contributed by atoms with Crippen molar-refractivity contribution in [3.05, 3.63) is 76.8 Å². The van der Waals surface area contributed by atoms with Crippen LogP contribution in [0, 0.1) is 0 Å². The van der Waals surface area contributed by atoms with Crippen molar-refractivity contribution >= 4 is 33.3 Å². The van der Waals surface area contributed by atoms with Gasteiger partial charge in [-0.2, -0.15) is 13.2 Å². The van der Waals surface area contributed by atoms with E-state index in [1.807, 2.05) is 5.38 Å². The average molecular weight is 499 g/mol. The number of halogens is 3. The number of amides is 1. The van der Waals surface area contributed by atoms with E-state index in [1.54, 1.807) is 24.3 Å². The lowest BCUT2D eigenvalue weighted by atomic mass is 10.0. The van der Waals surface area contributed by atoms with E-state index in [4.69, 9.17) is 4.74 Å². The molecule has 35 heavy (non-hydrogen) atoms. The number of ether oxygens (including phenoxy) is 1. The molecule has 1 amide bonds. The summed E-state index contributed by atoms with van der Waals surface area (Å²) in [6.07, 6.45) is -4.52. The topological polar surface area (TPSA) is 67.4 Å². The van der Waals surface area contributed by atoms with Crippen LogP contribution in [0.5, 0.6) is 0 Å². The zero-order valence-corrected chi connectivity index (χ0v) is 19.3. The van der Waals surface area contributed by atoms with E-state index in [9.17, 15) is 18.0 Å². The van der Waals surface area contributed by atoms with Gasteiger partial charge in [0.05, 0.1) is 41.2 Å². The molecule has 0 radical (unpaired) electrons. The van der Waals surface area contributed by atoms with E-state index >= 15 is 0 Å². The van der Waals surface area contributed by atoms with Crippen molar-refractivity contribution < 1.29 is 22.7 Å². The minimum Gasteiger partial charge on any atom is -0.379 e. The van der Waals surface area contributed by atoms with Gasteiger partial charge < -0.3 is 4.74 Å². The van der Waals surface area contributed by atoms with Gasteiger partial charge >= 0.3 is 6.18 Å². The molecule has 180 valence electrons. The summed E-state index contributed by atoms with van der Waals surface area (Å²) in [6.45, 7) is 3.73. The fourth-order valence-corrected chi connectivity index (χ4v) is 4.72. The summed E-state index contributed by atoms with van der Waals surface area (Å²) in [5.74, 6) is -0.420. The molecular formula is C25H21F3N4O2S. The van der Waals surface area contributed by atoms with E-state index in [-0.39, 0.29) is 16.8 Å². The van der Waals surface area contributed by atoms with Gasteiger partial charge in [0.15, 0.2) is 5.13 Å². The van der Waals surface area contributed by atoms with Gasteiger partial charge in [0.25, 0.3) is 5.91 Å². The van der Waals surface area contributed by atoms with Crippen LogP contribution in [0.25, 0.3) is 22.2 Å². The molecule has 0 atom stereocenters. The number of rotatable bonds is 5. The minimum atomic E-state index is -4.52. The maximum absolute atomic E-state index is 13.5. The molecule has 4 aromatic rings. The fraction of sp³-hybridized carbons (Fsp3) is 0.240. The lowest BCUT2D eigenvalue weighted by molar-refractivity contribution is -0.137. The molecule has 6 nitrogen and oxygen atoms in total. The predicted octanol–water partition coefficient (Wildman–Crippen LogP) is 5.46. The van der Waals surface area contributed by atoms with Gasteiger partial charge in [-0.25, -0.2) is 9.97 Å². The lowest BCUT2D eigenvalue weighted by Gasteiger charge is -2.25. The number of aromatic nitrogens is 2. The zero-order valence-electron chi connectivity index (χ0n) is 18.5. The van der Waals surface area contributed by atoms with Crippen LogP contribution < -0.4 is 5.32 Å². The molecule has 10 heteroatoms. The highest BCUT2D eigenvalue weighted by Crippen LogP contribution is 2.37. The Labute approximate surface area is 203 Å². The highest BCUT2D eigenvalue weighted by atomic mass is 32.1. The largest absolute Gasteiger partial charge is 0.417 e. The van der Waals surface area contributed by atoms with Crippen LogP contribution in [0.15, 0.2) is 60.0 Å². The average Bonchev–Trinajstić information content (AvgIpc) is 3.29. The molecule has 0 bridgehead atoms. The molecule has 1 N–H and O–H groups in total. The molecule has 0 aliphatic carbocycles. The van der Waals surface area contributed by atoms with Crippen molar-refractivity contribution in [1.29, 1.82) is 0 Å². The number of pyridine rings is 1. The summed E-state index contributed by atoms with van der Waals surface area (Å²) >= 11 is 1.32. The second-order valence-corrected chi connectivity index (χ2v) is 8.96. The predicted molar refractivity (Wildman–Crippen MR) is 128 cm³/mol. The van der Waals surface area contributed by atoms with Gasteiger partial charge in [-0.3, -0.25) is 15.0 Å². The van der Waals surface area contributed by atoms with Gasteiger partial charge in [-0.1, -0.05) is 36.4 Å². The number of carbonyl (C=O) groups is 1. The number of nitrogens with one attached hydrogen (secondary N) is 1. The lowest BCUT2D eigenvalue weighted by Crippen LogP contribution is -2.35. The number of alkyl halides is 3. The van der Waals surface area contributed by atoms with Crippen LogP contribution in [-0.4, -0.2) is 47.1 Å². The Balaban J connectivity index is 1.42. The molecule has 2 aromatic carbocycles. The number of hydrogen-bond donors (Lipinski definition) is 1. The Kier molecular flexibility index (Phi) is 6.50. The van der Waals surface area contributed by atoms with Crippen LogP contribution in [-0.2, 0) is 17.5 Å². The molecule has 5 rings (SSSR count). The molecule has 1 aliphatic heterocycles. The number of hydrogen-bond acceptors (Lipinski definition) is 6. The molecule has 0 spiro atoms. The van der Waals surface area contributed by atoms with Gasteiger partial charge in [0.1, 0.15) is 0 Å². The molecule has 2 aromatic heterocycles. The van der Waals surface area contributed by atoms with Crippen LogP contribution >= 0.6 is 11.3 Å². The molecular weight excluding hydrogens is 477 g/mol. The van der Waals surface area contributed by atoms with Gasteiger partial charge in [-0.15, -0.1) is 11.3 Å². The van der Waals surface area contributed by atoms with Crippen molar-refractivity contribution in [2.24, 2.45) is 0 Å². The summed E-state index contributed by atoms with van der Waals surface area (Å²) < 4.78 is 46.0. The molecule has 3 heterocycles. The first-order valence-electron chi connectivity index (χ1n) is 11.0. The first-order valence-corrected chi connectivity index (χ1v) is 11.9. The maximum atomic E-state index is 13.5. The highest BCUT2D eigenvalue weighted by molar-refractivity contribution is 7.14. The third-order valence-electron chi connectivity index (χ3n) is 5.73. The van der Waals surface area contributed by atoms with E-state index in [0.29, 0.717) is 35.8 Å². The first-order chi connectivity index (χ1) is 16.9. The monoisotopic (exact) mass is 498 g/mol. The second-order valence-electron chi connectivity index (χ2n) is 8.10. The summed E-state index contributed by atoms with van der Waals surface area (Å²) in [5, 5.41) is 5.81. The molecule has 1 saturated heterocycles.